The molecule has 1 aliphatic rings. The molecule has 66 valence electrons. The monoisotopic (exact) mass is 173 g/mol. The lowest BCUT2D eigenvalue weighted by Crippen LogP contribution is -2.24. The molecular formula is C10H11N3. The summed E-state index contributed by atoms with van der Waals surface area (Å²) in [4.78, 5) is 5.33. The van der Waals surface area contributed by atoms with Crippen molar-refractivity contribution in [3.63, 3.8) is 0 Å². The Bertz CT molecular complexity index is 338. The van der Waals surface area contributed by atoms with Crippen molar-refractivity contribution in [1.82, 2.24) is 0 Å². The van der Waals surface area contributed by atoms with Gasteiger partial charge in [-0.05, 0) is 18.6 Å². The van der Waals surface area contributed by atoms with Crippen LogP contribution >= 0.6 is 0 Å². The second-order valence-electron chi connectivity index (χ2n) is 3.11. The van der Waals surface area contributed by atoms with Gasteiger partial charge in [0.1, 0.15) is 5.69 Å². The molecule has 0 atom stereocenters. The van der Waals surface area contributed by atoms with Crippen LogP contribution in [0.1, 0.15) is 12.8 Å². The van der Waals surface area contributed by atoms with Gasteiger partial charge >= 0.3 is 5.84 Å². The van der Waals surface area contributed by atoms with Crippen LogP contribution in [0.15, 0.2) is 30.3 Å². The number of amidine groups is 1. The highest BCUT2D eigenvalue weighted by molar-refractivity contribution is 5.95. The van der Waals surface area contributed by atoms with Gasteiger partial charge in [-0.15, -0.1) is 0 Å². The van der Waals surface area contributed by atoms with Crippen LogP contribution in [0.2, 0.25) is 0 Å². The average molecular weight is 173 g/mol. The van der Waals surface area contributed by atoms with E-state index in [0.717, 1.165) is 30.9 Å². The first-order valence-electron chi connectivity index (χ1n) is 4.45. The van der Waals surface area contributed by atoms with Crippen molar-refractivity contribution < 1.29 is 4.79 Å². The predicted octanol–water partition coefficient (Wildman–Crippen LogP) is 1.92. The van der Waals surface area contributed by atoms with Crippen LogP contribution in [-0.4, -0.2) is 17.2 Å². The Labute approximate surface area is 77.2 Å². The van der Waals surface area contributed by atoms with Crippen LogP contribution in [0, 0.1) is 0 Å². The molecule has 0 aliphatic carbocycles. The van der Waals surface area contributed by atoms with E-state index in [1.165, 1.54) is 0 Å². The second-order valence-corrected chi connectivity index (χ2v) is 3.11. The van der Waals surface area contributed by atoms with E-state index in [2.05, 4.69) is 4.79 Å². The van der Waals surface area contributed by atoms with Gasteiger partial charge in [-0.1, -0.05) is 18.2 Å². The lowest BCUT2D eigenvalue weighted by atomic mass is 10.3. The summed E-state index contributed by atoms with van der Waals surface area (Å²) in [6.07, 6.45) is 1.93. The molecule has 0 spiro atoms. The number of hydrogen-bond donors (Lipinski definition) is 0. The van der Waals surface area contributed by atoms with E-state index < -0.39 is 0 Å². The van der Waals surface area contributed by atoms with Crippen molar-refractivity contribution in [3.05, 3.63) is 35.9 Å². The van der Waals surface area contributed by atoms with Crippen molar-refractivity contribution in [3.8, 4) is 0 Å². The Balaban J connectivity index is 2.32. The zero-order valence-electron chi connectivity index (χ0n) is 7.35. The molecule has 1 saturated heterocycles. The molecule has 1 aromatic carbocycles. The van der Waals surface area contributed by atoms with Crippen LogP contribution in [0.25, 0.3) is 5.53 Å². The number of benzene rings is 1. The van der Waals surface area contributed by atoms with E-state index in [-0.39, 0.29) is 0 Å². The fourth-order valence-electron chi connectivity index (χ4n) is 1.65. The van der Waals surface area contributed by atoms with Gasteiger partial charge in [0.05, 0.1) is 13.0 Å². The Morgan fingerprint density at radius 1 is 1.23 bits per heavy atom. The molecule has 0 N–H and O–H groups in total. The van der Waals surface area contributed by atoms with Gasteiger partial charge in [0.15, 0.2) is 0 Å². The maximum absolute atomic E-state index is 8.74. The number of anilines is 1. The quantitative estimate of drug-likeness (QED) is 0.472. The van der Waals surface area contributed by atoms with E-state index in [0.29, 0.717) is 0 Å². The van der Waals surface area contributed by atoms with Gasteiger partial charge in [0, 0.05) is 0 Å². The molecular weight excluding hydrogens is 162 g/mol. The molecule has 0 aromatic heterocycles. The van der Waals surface area contributed by atoms with Gasteiger partial charge in [-0.25, -0.2) is 4.90 Å². The third-order valence-electron chi connectivity index (χ3n) is 2.28. The Morgan fingerprint density at radius 3 is 2.69 bits per heavy atom. The van der Waals surface area contributed by atoms with Crippen LogP contribution in [-0.2, 0) is 0 Å². The SMILES string of the molecule is [N-]=[N+]=C1CCCN1c1ccccc1. The van der Waals surface area contributed by atoms with Gasteiger partial charge in [-0.2, -0.15) is 0 Å². The first-order chi connectivity index (χ1) is 6.42. The van der Waals surface area contributed by atoms with E-state index in [1.54, 1.807) is 0 Å². The largest absolute Gasteiger partial charge is 0.498 e. The minimum absolute atomic E-state index is 0.770. The first kappa shape index (κ1) is 8.02. The zero-order valence-corrected chi connectivity index (χ0v) is 7.35. The summed E-state index contributed by atoms with van der Waals surface area (Å²) < 4.78 is 0. The summed E-state index contributed by atoms with van der Waals surface area (Å²) in [5.74, 6) is 0.770. The van der Waals surface area contributed by atoms with Crippen LogP contribution < -0.4 is 4.90 Å². The van der Waals surface area contributed by atoms with Crippen LogP contribution in [0.4, 0.5) is 5.69 Å². The molecule has 1 aromatic rings. The molecule has 1 aliphatic heterocycles. The third kappa shape index (κ3) is 1.46. The topological polar surface area (TPSA) is 39.6 Å². The van der Waals surface area contributed by atoms with Crippen molar-refractivity contribution in [2.24, 2.45) is 0 Å². The molecule has 3 heteroatoms. The third-order valence-corrected chi connectivity index (χ3v) is 2.28. The van der Waals surface area contributed by atoms with E-state index >= 15 is 0 Å². The maximum atomic E-state index is 8.74. The highest BCUT2D eigenvalue weighted by atomic mass is 15.2. The van der Waals surface area contributed by atoms with E-state index in [9.17, 15) is 0 Å². The number of nitrogens with zero attached hydrogens (tertiary/aromatic N) is 3. The minimum Gasteiger partial charge on any atom is -0.498 e. The fraction of sp³-hybridized carbons (Fsp3) is 0.300. The molecule has 1 fully saturated rings. The van der Waals surface area contributed by atoms with Gasteiger partial charge in [0.2, 0.25) is 0 Å². The van der Waals surface area contributed by atoms with Crippen molar-refractivity contribution in [1.29, 1.82) is 0 Å². The van der Waals surface area contributed by atoms with Gasteiger partial charge in [0.25, 0.3) is 0 Å². The van der Waals surface area contributed by atoms with Crippen molar-refractivity contribution in [2.45, 2.75) is 12.8 Å². The standard InChI is InChI=1S/C10H11N3/c11-12-10-7-4-8-13(10)9-5-2-1-3-6-9/h1-3,5-6H,4,7-8H2. The number of para-hydroxylation sites is 1. The van der Waals surface area contributed by atoms with Gasteiger partial charge in [-0.3, -0.25) is 0 Å². The van der Waals surface area contributed by atoms with Crippen molar-refractivity contribution in [2.75, 3.05) is 11.4 Å². The summed E-state index contributed by atoms with van der Waals surface area (Å²) in [6.45, 7) is 0.948. The maximum Gasteiger partial charge on any atom is 0.334 e. The summed E-state index contributed by atoms with van der Waals surface area (Å²) >= 11 is 0. The lowest BCUT2D eigenvalue weighted by Gasteiger charge is -2.07. The smallest absolute Gasteiger partial charge is 0.334 e. The second kappa shape index (κ2) is 3.42. The molecule has 2 rings (SSSR count). The Morgan fingerprint density at radius 2 is 2.00 bits per heavy atom. The summed E-state index contributed by atoms with van der Waals surface area (Å²) in [5, 5.41) is 0. The molecule has 0 amide bonds. The van der Waals surface area contributed by atoms with Crippen LogP contribution in [0.5, 0.6) is 0 Å². The Hall–Kier alpha value is -1.60. The zero-order chi connectivity index (χ0) is 9.10. The molecule has 1 heterocycles. The molecule has 13 heavy (non-hydrogen) atoms. The van der Waals surface area contributed by atoms with E-state index in [1.807, 2.05) is 35.2 Å². The molecule has 3 nitrogen and oxygen atoms in total. The normalized spacial score (nSPS) is 16.0. The fourth-order valence-corrected chi connectivity index (χ4v) is 1.65. The summed E-state index contributed by atoms with van der Waals surface area (Å²) in [7, 11) is 0. The number of rotatable bonds is 1. The Kier molecular flexibility index (Phi) is 2.11. The highest BCUT2D eigenvalue weighted by Crippen LogP contribution is 2.19. The molecule has 0 radical (unpaired) electrons. The summed E-state index contributed by atoms with van der Waals surface area (Å²) in [5.41, 5.74) is 9.85. The number of hydrogen-bond acceptors (Lipinski definition) is 0. The predicted molar refractivity (Wildman–Crippen MR) is 51.6 cm³/mol. The van der Waals surface area contributed by atoms with Gasteiger partial charge < -0.3 is 10.3 Å². The molecule has 0 bridgehead atoms. The molecule has 0 saturated carbocycles. The van der Waals surface area contributed by atoms with Crippen molar-refractivity contribution >= 4 is 11.5 Å². The lowest BCUT2D eigenvalue weighted by molar-refractivity contribution is -0.00889. The van der Waals surface area contributed by atoms with E-state index in [4.69, 9.17) is 5.53 Å². The molecule has 0 unspecified atom stereocenters. The van der Waals surface area contributed by atoms with Crippen LogP contribution in [0.3, 0.4) is 0 Å². The average Bonchev–Trinajstić information content (AvgIpc) is 2.67. The highest BCUT2D eigenvalue weighted by Gasteiger charge is 2.28. The first-order valence-corrected chi connectivity index (χ1v) is 4.45. The summed E-state index contributed by atoms with van der Waals surface area (Å²) in [6, 6.07) is 10.0. The minimum atomic E-state index is 0.770.